The second-order valence-electron chi connectivity index (χ2n) is 2.53. The van der Waals surface area contributed by atoms with Crippen molar-refractivity contribution in [2.75, 3.05) is 26.1 Å². The van der Waals surface area contributed by atoms with E-state index >= 15 is 0 Å². The van der Waals surface area contributed by atoms with Gasteiger partial charge in [0.2, 0.25) is 0 Å². The van der Waals surface area contributed by atoms with E-state index in [0.717, 1.165) is 0 Å². The van der Waals surface area contributed by atoms with E-state index in [2.05, 4.69) is 6.92 Å². The van der Waals surface area contributed by atoms with Crippen molar-refractivity contribution in [3.05, 3.63) is 0 Å². The number of hydrogen-bond acceptors (Lipinski definition) is 4. The molecule has 0 spiro atoms. The molecule has 0 amide bonds. The largest absolute Gasteiger partial charge is 0.395 e. The second kappa shape index (κ2) is 6.91. The van der Waals surface area contributed by atoms with Crippen LogP contribution in [0.15, 0.2) is 0 Å². The molecule has 0 heterocycles. The van der Waals surface area contributed by atoms with Crippen LogP contribution < -0.4 is 5.73 Å². The van der Waals surface area contributed by atoms with Gasteiger partial charge in [0, 0.05) is 5.25 Å². The van der Waals surface area contributed by atoms with Crippen molar-refractivity contribution in [3.63, 3.8) is 0 Å². The molecule has 2 atom stereocenters. The molecule has 11 heavy (non-hydrogen) atoms. The van der Waals surface area contributed by atoms with Gasteiger partial charge in [0.25, 0.3) is 0 Å². The normalized spacial score (nSPS) is 16.4. The first-order chi connectivity index (χ1) is 5.20. The first kappa shape index (κ1) is 11.2. The molecule has 68 valence electrons. The van der Waals surface area contributed by atoms with Crippen molar-refractivity contribution in [1.29, 1.82) is 0 Å². The lowest BCUT2D eigenvalue weighted by atomic mass is 10.4. The SMILES string of the molecule is CSC(C)COCC(N)CO. The van der Waals surface area contributed by atoms with Crippen molar-refractivity contribution < 1.29 is 9.84 Å². The zero-order valence-corrected chi connectivity index (χ0v) is 7.93. The highest BCUT2D eigenvalue weighted by Gasteiger charge is 2.02. The van der Waals surface area contributed by atoms with Gasteiger partial charge in [0.05, 0.1) is 25.9 Å². The number of rotatable bonds is 6. The highest BCUT2D eigenvalue weighted by Crippen LogP contribution is 2.04. The number of ether oxygens (including phenoxy) is 1. The summed E-state index contributed by atoms with van der Waals surface area (Å²) in [5, 5.41) is 9.05. The van der Waals surface area contributed by atoms with Gasteiger partial charge >= 0.3 is 0 Å². The molecule has 0 rings (SSSR count). The van der Waals surface area contributed by atoms with Gasteiger partial charge < -0.3 is 15.6 Å². The highest BCUT2D eigenvalue weighted by atomic mass is 32.2. The maximum Gasteiger partial charge on any atom is 0.0640 e. The Hall–Kier alpha value is 0.230. The molecule has 0 aromatic carbocycles. The molecule has 3 nitrogen and oxygen atoms in total. The number of thioether (sulfide) groups is 1. The number of aliphatic hydroxyl groups is 1. The molecular formula is C7H17NO2S. The molecule has 3 N–H and O–H groups in total. The summed E-state index contributed by atoms with van der Waals surface area (Å²) in [6.07, 6.45) is 2.04. The van der Waals surface area contributed by atoms with Crippen LogP contribution in [0.4, 0.5) is 0 Å². The van der Waals surface area contributed by atoms with E-state index in [1.165, 1.54) is 0 Å². The van der Waals surface area contributed by atoms with Crippen LogP contribution in [-0.2, 0) is 4.74 Å². The molecule has 4 heteroatoms. The average Bonchev–Trinajstić information content (AvgIpc) is 2.04. The number of nitrogens with two attached hydrogens (primary N) is 1. The predicted molar refractivity (Wildman–Crippen MR) is 48.9 cm³/mol. The quantitative estimate of drug-likeness (QED) is 0.606. The summed E-state index contributed by atoms with van der Waals surface area (Å²) in [4.78, 5) is 0. The van der Waals surface area contributed by atoms with Crippen LogP contribution in [0.25, 0.3) is 0 Å². The Morgan fingerprint density at radius 1 is 1.55 bits per heavy atom. The fourth-order valence-corrected chi connectivity index (χ4v) is 0.738. The minimum atomic E-state index is -0.232. The Kier molecular flexibility index (Phi) is 7.06. The van der Waals surface area contributed by atoms with Crippen LogP contribution in [0.1, 0.15) is 6.92 Å². The lowest BCUT2D eigenvalue weighted by Crippen LogP contribution is -2.30. The van der Waals surface area contributed by atoms with Gasteiger partial charge in [-0.05, 0) is 6.26 Å². The first-order valence-corrected chi connectivity index (χ1v) is 4.96. The molecule has 0 aliphatic heterocycles. The fraction of sp³-hybridized carbons (Fsp3) is 1.00. The molecule has 0 saturated heterocycles. The second-order valence-corrected chi connectivity index (χ2v) is 3.80. The summed E-state index contributed by atoms with van der Waals surface area (Å²) < 4.78 is 5.23. The van der Waals surface area contributed by atoms with Gasteiger partial charge in [-0.15, -0.1) is 0 Å². The lowest BCUT2D eigenvalue weighted by molar-refractivity contribution is 0.104. The van der Waals surface area contributed by atoms with Gasteiger partial charge in [-0.1, -0.05) is 6.92 Å². The monoisotopic (exact) mass is 179 g/mol. The van der Waals surface area contributed by atoms with Crippen LogP contribution in [-0.4, -0.2) is 42.5 Å². The molecule has 2 unspecified atom stereocenters. The maximum atomic E-state index is 8.55. The Morgan fingerprint density at radius 3 is 2.64 bits per heavy atom. The van der Waals surface area contributed by atoms with E-state index < -0.39 is 0 Å². The number of hydrogen-bond donors (Lipinski definition) is 2. The summed E-state index contributed by atoms with van der Waals surface area (Å²) in [5.74, 6) is 0. The van der Waals surface area contributed by atoms with Gasteiger partial charge in [-0.3, -0.25) is 0 Å². The summed E-state index contributed by atoms with van der Waals surface area (Å²) in [6, 6.07) is -0.232. The van der Waals surface area contributed by atoms with Crippen LogP contribution in [0, 0.1) is 0 Å². The van der Waals surface area contributed by atoms with Crippen molar-refractivity contribution in [3.8, 4) is 0 Å². The van der Waals surface area contributed by atoms with Crippen LogP contribution in [0.2, 0.25) is 0 Å². The maximum absolute atomic E-state index is 8.55. The zero-order valence-electron chi connectivity index (χ0n) is 7.12. The molecule has 0 saturated carbocycles. The molecule has 0 aliphatic carbocycles. The van der Waals surface area contributed by atoms with Gasteiger partial charge in [-0.2, -0.15) is 11.8 Å². The van der Waals surface area contributed by atoms with E-state index in [0.29, 0.717) is 18.5 Å². The summed E-state index contributed by atoms with van der Waals surface area (Å²) in [7, 11) is 0. The molecular weight excluding hydrogens is 162 g/mol. The van der Waals surface area contributed by atoms with E-state index in [1.807, 2.05) is 6.26 Å². The van der Waals surface area contributed by atoms with E-state index in [-0.39, 0.29) is 12.6 Å². The third-order valence-corrected chi connectivity index (χ3v) is 2.26. The van der Waals surface area contributed by atoms with Crippen molar-refractivity contribution in [1.82, 2.24) is 0 Å². The summed E-state index contributed by atoms with van der Waals surface area (Å²) >= 11 is 1.76. The average molecular weight is 179 g/mol. The summed E-state index contributed by atoms with van der Waals surface area (Å²) in [6.45, 7) is 3.24. The number of aliphatic hydroxyl groups excluding tert-OH is 1. The Morgan fingerprint density at radius 2 is 2.18 bits per heavy atom. The predicted octanol–water partition coefficient (Wildman–Crippen LogP) is 0.0741. The van der Waals surface area contributed by atoms with E-state index in [9.17, 15) is 0 Å². The van der Waals surface area contributed by atoms with E-state index in [4.69, 9.17) is 15.6 Å². The standard InChI is InChI=1S/C7H17NO2S/c1-6(11-2)4-10-5-7(8)3-9/h6-7,9H,3-5,8H2,1-2H3. The third-order valence-electron chi connectivity index (χ3n) is 1.32. The molecule has 0 bridgehead atoms. The Bertz CT molecular complexity index is 82.5. The summed E-state index contributed by atoms with van der Waals surface area (Å²) in [5.41, 5.74) is 5.42. The minimum absolute atomic E-state index is 0.00630. The zero-order chi connectivity index (χ0) is 8.69. The Balaban J connectivity index is 3.13. The van der Waals surface area contributed by atoms with Crippen LogP contribution >= 0.6 is 11.8 Å². The first-order valence-electron chi connectivity index (χ1n) is 3.67. The lowest BCUT2D eigenvalue weighted by Gasteiger charge is -2.11. The molecule has 0 radical (unpaired) electrons. The van der Waals surface area contributed by atoms with Crippen molar-refractivity contribution in [2.24, 2.45) is 5.73 Å². The van der Waals surface area contributed by atoms with Crippen molar-refractivity contribution in [2.45, 2.75) is 18.2 Å². The van der Waals surface area contributed by atoms with Gasteiger partial charge in [0.1, 0.15) is 0 Å². The Labute approximate surface area is 72.3 Å². The smallest absolute Gasteiger partial charge is 0.0640 e. The van der Waals surface area contributed by atoms with Gasteiger partial charge in [-0.25, -0.2) is 0 Å². The minimum Gasteiger partial charge on any atom is -0.395 e. The van der Waals surface area contributed by atoms with Crippen LogP contribution in [0.5, 0.6) is 0 Å². The molecule has 0 fully saturated rings. The molecule has 0 aromatic heterocycles. The van der Waals surface area contributed by atoms with Gasteiger partial charge in [0.15, 0.2) is 0 Å². The van der Waals surface area contributed by atoms with Crippen molar-refractivity contribution >= 4 is 11.8 Å². The molecule has 0 aliphatic rings. The highest BCUT2D eigenvalue weighted by molar-refractivity contribution is 7.99. The van der Waals surface area contributed by atoms with Crippen LogP contribution in [0.3, 0.4) is 0 Å². The topological polar surface area (TPSA) is 55.5 Å². The fourth-order valence-electron chi connectivity index (χ4n) is 0.506. The molecule has 0 aromatic rings. The third kappa shape index (κ3) is 6.62. The van der Waals surface area contributed by atoms with E-state index in [1.54, 1.807) is 11.8 Å².